The van der Waals surface area contributed by atoms with E-state index in [2.05, 4.69) is 101 Å². The molecule has 17 heavy (non-hydrogen) atoms. The van der Waals surface area contributed by atoms with Crippen molar-refractivity contribution in [2.75, 3.05) is 0 Å². The van der Waals surface area contributed by atoms with Crippen molar-refractivity contribution in [2.24, 2.45) is 5.41 Å². The first-order valence-electron chi connectivity index (χ1n) is 5.54. The van der Waals surface area contributed by atoms with Crippen molar-refractivity contribution in [1.29, 1.82) is 0 Å². The Bertz CT molecular complexity index is 493. The van der Waals surface area contributed by atoms with E-state index in [0.29, 0.717) is 0 Å². The standard InChI is InChI=1S/C14H16I2Te/c1-14(2,3)13-10-6-8-11-7-4-5-9-12(11)17(13,15)16/h4-10H,1-3H3. The van der Waals surface area contributed by atoms with Gasteiger partial charge in [0.05, 0.1) is 0 Å². The number of hydrogen-bond donors (Lipinski definition) is 0. The summed E-state index contributed by atoms with van der Waals surface area (Å²) in [6.45, 7) is 7.00. The predicted octanol–water partition coefficient (Wildman–Crippen LogP) is 4.74. The minimum absolute atomic E-state index is 0.269. The van der Waals surface area contributed by atoms with Crippen molar-refractivity contribution < 1.29 is 0 Å². The number of allylic oxidation sites excluding steroid dienone is 3. The third-order valence-corrected chi connectivity index (χ3v) is 21.8. The van der Waals surface area contributed by atoms with Crippen LogP contribution in [-0.4, -0.2) is 10.3 Å². The first kappa shape index (κ1) is 14.4. The second kappa shape index (κ2) is 5.14. The van der Waals surface area contributed by atoms with E-state index in [1.54, 1.807) is 7.23 Å². The molecule has 92 valence electrons. The number of rotatable bonds is 0. The molecule has 3 heteroatoms. The molecule has 0 N–H and O–H groups in total. The van der Waals surface area contributed by atoms with Crippen molar-refractivity contribution in [3.63, 3.8) is 0 Å². The molecule has 1 aliphatic rings. The Morgan fingerprint density at radius 1 is 1.06 bits per heavy atom. The Hall–Kier alpha value is 0.950. The van der Waals surface area contributed by atoms with Crippen molar-refractivity contribution in [3.05, 3.63) is 45.6 Å². The Morgan fingerprint density at radius 3 is 2.35 bits per heavy atom. The van der Waals surface area contributed by atoms with Gasteiger partial charge >= 0.3 is 129 Å². The molecule has 1 aromatic carbocycles. The third-order valence-electron chi connectivity index (χ3n) is 2.73. The van der Waals surface area contributed by atoms with Crippen LogP contribution in [0.5, 0.6) is 0 Å². The summed E-state index contributed by atoms with van der Waals surface area (Å²) in [4.78, 5) is 0. The molecule has 0 atom stereocenters. The third kappa shape index (κ3) is 2.93. The van der Waals surface area contributed by atoms with E-state index in [-0.39, 0.29) is 5.41 Å². The van der Waals surface area contributed by atoms with Crippen molar-refractivity contribution >= 4 is 57.4 Å². The van der Waals surface area contributed by atoms with Crippen LogP contribution >= 0.6 is 37.4 Å². The summed E-state index contributed by atoms with van der Waals surface area (Å²) in [6.07, 6.45) is 6.84. The van der Waals surface area contributed by atoms with Gasteiger partial charge in [0.15, 0.2) is 0 Å². The molecule has 2 rings (SSSR count). The summed E-state index contributed by atoms with van der Waals surface area (Å²) in [6, 6.07) is 8.88. The van der Waals surface area contributed by atoms with Crippen molar-refractivity contribution in [3.8, 4) is 0 Å². The molecule has 0 amide bonds. The van der Waals surface area contributed by atoms with Gasteiger partial charge in [0, 0.05) is 0 Å². The number of benzene rings is 1. The molecule has 1 heterocycles. The monoisotopic (exact) mass is 568 g/mol. The maximum atomic E-state index is 2.76. The molecule has 0 saturated heterocycles. The van der Waals surface area contributed by atoms with E-state index in [1.807, 2.05) is 0 Å². The van der Waals surface area contributed by atoms with Gasteiger partial charge in [-0.25, -0.2) is 0 Å². The van der Waals surface area contributed by atoms with Gasteiger partial charge in [0.25, 0.3) is 0 Å². The van der Waals surface area contributed by atoms with Gasteiger partial charge in [-0.1, -0.05) is 0 Å². The second-order valence-corrected chi connectivity index (χ2v) is 39.4. The summed E-state index contributed by atoms with van der Waals surface area (Å²) in [5.41, 5.74) is 1.68. The molecule has 0 nitrogen and oxygen atoms in total. The predicted molar refractivity (Wildman–Crippen MR) is 96.4 cm³/mol. The van der Waals surface area contributed by atoms with Gasteiger partial charge in [-0.2, -0.15) is 0 Å². The van der Waals surface area contributed by atoms with E-state index in [9.17, 15) is 0 Å². The molecule has 0 fully saturated rings. The van der Waals surface area contributed by atoms with Gasteiger partial charge in [0.1, 0.15) is 0 Å². The Balaban J connectivity index is 2.64. The zero-order chi connectivity index (χ0) is 12.7. The first-order chi connectivity index (χ1) is 7.83. The summed E-state index contributed by atoms with van der Waals surface area (Å²) < 4.78 is 3.24. The number of hydrogen-bond acceptors (Lipinski definition) is 0. The molecule has 0 unspecified atom stereocenters. The molecule has 0 aromatic heterocycles. The van der Waals surface area contributed by atoms with E-state index >= 15 is 0 Å². The van der Waals surface area contributed by atoms with Crippen molar-refractivity contribution in [2.45, 2.75) is 20.8 Å². The average molecular weight is 566 g/mol. The molecule has 1 aromatic rings. The minimum atomic E-state index is -2.19. The maximum absolute atomic E-state index is 2.76. The van der Waals surface area contributed by atoms with Crippen LogP contribution in [0.15, 0.2) is 40.0 Å². The van der Waals surface area contributed by atoms with Gasteiger partial charge < -0.3 is 0 Å². The topological polar surface area (TPSA) is 0 Å². The summed E-state index contributed by atoms with van der Waals surface area (Å²) in [5, 5.41) is 0. The summed E-state index contributed by atoms with van der Waals surface area (Å²) in [7, 11) is -2.19. The number of halogens is 2. The molecular formula is C14H16I2Te. The SMILES string of the molecule is CC(C)(C)C1=CC=Cc2ccccc2[Te]1(I)I. The number of fused-ring (bicyclic) bond motifs is 1. The molecule has 0 radical (unpaired) electrons. The molecule has 0 saturated carbocycles. The van der Waals surface area contributed by atoms with Gasteiger partial charge in [0.2, 0.25) is 0 Å². The van der Waals surface area contributed by atoms with Crippen LogP contribution in [0.2, 0.25) is 0 Å². The fraction of sp³-hybridized carbons (Fsp3) is 0.286. The molecule has 0 spiro atoms. The quantitative estimate of drug-likeness (QED) is 0.315. The summed E-state index contributed by atoms with van der Waals surface area (Å²) in [5.74, 6) is 0. The van der Waals surface area contributed by atoms with Gasteiger partial charge in [-0.15, -0.1) is 0 Å². The fourth-order valence-electron chi connectivity index (χ4n) is 1.93. The second-order valence-electron chi connectivity index (χ2n) is 5.15. The molecular weight excluding hydrogens is 550 g/mol. The Morgan fingerprint density at radius 2 is 1.71 bits per heavy atom. The van der Waals surface area contributed by atoms with Gasteiger partial charge in [-0.3, -0.25) is 0 Å². The van der Waals surface area contributed by atoms with Crippen LogP contribution in [0.1, 0.15) is 26.3 Å². The first-order valence-corrected chi connectivity index (χ1v) is 21.4. The Labute approximate surface area is 127 Å². The van der Waals surface area contributed by atoms with Gasteiger partial charge in [-0.05, 0) is 0 Å². The van der Waals surface area contributed by atoms with E-state index in [4.69, 9.17) is 0 Å². The molecule has 0 bridgehead atoms. The van der Waals surface area contributed by atoms with Crippen LogP contribution in [-0.2, 0) is 0 Å². The van der Waals surface area contributed by atoms with E-state index in [0.717, 1.165) is 0 Å². The van der Waals surface area contributed by atoms with E-state index < -0.39 is 10.3 Å². The molecule has 0 aliphatic carbocycles. The fourth-order valence-corrected chi connectivity index (χ4v) is 23.7. The van der Waals surface area contributed by atoms with Crippen LogP contribution < -0.4 is 3.61 Å². The van der Waals surface area contributed by atoms with Crippen LogP contribution in [0, 0.1) is 5.41 Å². The molecule has 1 aliphatic heterocycles. The van der Waals surface area contributed by atoms with E-state index in [1.165, 1.54) is 5.56 Å². The van der Waals surface area contributed by atoms with Crippen LogP contribution in [0.3, 0.4) is 0 Å². The zero-order valence-electron chi connectivity index (χ0n) is 10.2. The van der Waals surface area contributed by atoms with Crippen molar-refractivity contribution in [1.82, 2.24) is 0 Å². The van der Waals surface area contributed by atoms with Crippen LogP contribution in [0.4, 0.5) is 0 Å². The summed E-state index contributed by atoms with van der Waals surface area (Å²) >= 11 is 5.53. The normalized spacial score (nSPS) is 20.2. The van der Waals surface area contributed by atoms with Crippen LogP contribution in [0.25, 0.3) is 6.08 Å². The zero-order valence-corrected chi connectivity index (χ0v) is 16.9. The Kier molecular flexibility index (Phi) is 4.35. The average Bonchev–Trinajstić information content (AvgIpc) is 2.35.